The van der Waals surface area contributed by atoms with Crippen LogP contribution in [0.4, 0.5) is 5.69 Å². The van der Waals surface area contributed by atoms with E-state index >= 15 is 0 Å². The summed E-state index contributed by atoms with van der Waals surface area (Å²) in [5.41, 5.74) is 7.35. The minimum atomic E-state index is -0.783. The number of ether oxygens (including phenoxy) is 1. The van der Waals surface area contributed by atoms with Crippen LogP contribution in [-0.2, 0) is 0 Å². The third-order valence-corrected chi connectivity index (χ3v) is 4.76. The standard InChI is InChI=1S/C22H31N3O4/c1-16(10-11-25(2)18-6-4-3-5-7-18)24-15-20(27)17-8-9-21(29-13-12-26)19(14-17)22(23)28/h3-9,14,16,20,24,26-27H,10-13,15H2,1-2H3,(H2,23,28). The number of nitrogens with zero attached hydrogens (tertiary/aromatic N) is 1. The molecule has 158 valence electrons. The number of para-hydroxylation sites is 1. The van der Waals surface area contributed by atoms with Crippen LogP contribution in [0.15, 0.2) is 48.5 Å². The van der Waals surface area contributed by atoms with Gasteiger partial charge in [-0.05, 0) is 43.2 Å². The SMILES string of the molecule is CC(CCN(C)c1ccccc1)NCC(O)c1ccc(OCCO)c(C(N)=O)c1. The number of primary amides is 1. The first-order chi connectivity index (χ1) is 13.9. The molecule has 2 rings (SSSR count). The average molecular weight is 402 g/mol. The van der Waals surface area contributed by atoms with Gasteiger partial charge in [0.15, 0.2) is 0 Å². The predicted octanol–water partition coefficient (Wildman–Crippen LogP) is 1.69. The van der Waals surface area contributed by atoms with Crippen LogP contribution in [0.5, 0.6) is 5.75 Å². The van der Waals surface area contributed by atoms with Gasteiger partial charge in [-0.25, -0.2) is 0 Å². The van der Waals surface area contributed by atoms with Crippen molar-refractivity contribution in [2.45, 2.75) is 25.5 Å². The lowest BCUT2D eigenvalue weighted by atomic mass is 10.0. The Morgan fingerprint density at radius 2 is 1.97 bits per heavy atom. The molecule has 0 aliphatic rings. The van der Waals surface area contributed by atoms with Crippen LogP contribution in [0.1, 0.15) is 35.4 Å². The van der Waals surface area contributed by atoms with Crippen LogP contribution < -0.4 is 20.7 Å². The van der Waals surface area contributed by atoms with Crippen molar-refractivity contribution in [1.82, 2.24) is 5.32 Å². The summed E-state index contributed by atoms with van der Waals surface area (Å²) in [5, 5.41) is 22.7. The molecule has 2 aromatic rings. The molecule has 7 nitrogen and oxygen atoms in total. The number of hydrogen-bond acceptors (Lipinski definition) is 6. The van der Waals surface area contributed by atoms with Crippen molar-refractivity contribution < 1.29 is 19.7 Å². The lowest BCUT2D eigenvalue weighted by Gasteiger charge is -2.23. The molecule has 0 heterocycles. The summed E-state index contributed by atoms with van der Waals surface area (Å²) in [6.07, 6.45) is 0.132. The second kappa shape index (κ2) is 11.4. The normalized spacial score (nSPS) is 13.0. The summed E-state index contributed by atoms with van der Waals surface area (Å²) in [7, 11) is 2.06. The summed E-state index contributed by atoms with van der Waals surface area (Å²) in [6, 6.07) is 15.2. The van der Waals surface area contributed by atoms with E-state index in [0.29, 0.717) is 17.9 Å². The summed E-state index contributed by atoms with van der Waals surface area (Å²) < 4.78 is 5.32. The highest BCUT2D eigenvalue weighted by Crippen LogP contribution is 2.23. The monoisotopic (exact) mass is 401 g/mol. The highest BCUT2D eigenvalue weighted by atomic mass is 16.5. The molecule has 0 saturated carbocycles. The molecule has 5 N–H and O–H groups in total. The maximum Gasteiger partial charge on any atom is 0.252 e. The molecule has 29 heavy (non-hydrogen) atoms. The number of hydrogen-bond donors (Lipinski definition) is 4. The van der Waals surface area contributed by atoms with Gasteiger partial charge in [-0.2, -0.15) is 0 Å². The molecule has 0 spiro atoms. The van der Waals surface area contributed by atoms with E-state index in [-0.39, 0.29) is 24.8 Å². The number of rotatable bonds is 12. The molecule has 0 fully saturated rings. The molecule has 0 saturated heterocycles. The molecule has 7 heteroatoms. The van der Waals surface area contributed by atoms with Crippen molar-refractivity contribution in [3.8, 4) is 5.75 Å². The number of nitrogens with two attached hydrogens (primary N) is 1. The minimum absolute atomic E-state index is 0.0681. The van der Waals surface area contributed by atoms with E-state index in [2.05, 4.69) is 36.3 Å². The summed E-state index contributed by atoms with van der Waals surface area (Å²) in [4.78, 5) is 13.9. The molecule has 0 bridgehead atoms. The largest absolute Gasteiger partial charge is 0.490 e. The molecule has 2 atom stereocenters. The lowest BCUT2D eigenvalue weighted by Crippen LogP contribution is -2.33. The van der Waals surface area contributed by atoms with Gasteiger partial charge in [-0.3, -0.25) is 4.79 Å². The first kappa shape index (κ1) is 22.7. The Kier molecular flexibility index (Phi) is 8.92. The third-order valence-electron chi connectivity index (χ3n) is 4.76. The van der Waals surface area contributed by atoms with Crippen LogP contribution in [0.3, 0.4) is 0 Å². The molecule has 2 unspecified atom stereocenters. The fourth-order valence-corrected chi connectivity index (χ4v) is 2.96. The quantitative estimate of drug-likeness (QED) is 0.431. The topological polar surface area (TPSA) is 108 Å². The van der Waals surface area contributed by atoms with Crippen molar-refractivity contribution in [2.24, 2.45) is 5.73 Å². The second-order valence-corrected chi connectivity index (χ2v) is 7.06. The van der Waals surface area contributed by atoms with Gasteiger partial charge in [0.2, 0.25) is 0 Å². The van der Waals surface area contributed by atoms with Gasteiger partial charge in [0.1, 0.15) is 12.4 Å². The van der Waals surface area contributed by atoms with Gasteiger partial charge in [-0.1, -0.05) is 24.3 Å². The van der Waals surface area contributed by atoms with E-state index < -0.39 is 12.0 Å². The zero-order chi connectivity index (χ0) is 21.2. The van der Waals surface area contributed by atoms with Gasteiger partial charge in [0.25, 0.3) is 5.91 Å². The van der Waals surface area contributed by atoms with E-state index in [9.17, 15) is 9.90 Å². The van der Waals surface area contributed by atoms with Crippen LogP contribution >= 0.6 is 0 Å². The van der Waals surface area contributed by atoms with Gasteiger partial charge in [0, 0.05) is 31.9 Å². The zero-order valence-corrected chi connectivity index (χ0v) is 17.0. The fourth-order valence-electron chi connectivity index (χ4n) is 2.96. The van der Waals surface area contributed by atoms with E-state index in [1.165, 1.54) is 11.8 Å². The van der Waals surface area contributed by atoms with Crippen molar-refractivity contribution >= 4 is 11.6 Å². The van der Waals surface area contributed by atoms with Crippen LogP contribution in [-0.4, -0.2) is 55.5 Å². The molecular weight excluding hydrogens is 370 g/mol. The number of aliphatic hydroxyl groups excluding tert-OH is 2. The Morgan fingerprint density at radius 3 is 2.62 bits per heavy atom. The van der Waals surface area contributed by atoms with Crippen LogP contribution in [0, 0.1) is 0 Å². The molecule has 2 aromatic carbocycles. The number of anilines is 1. The van der Waals surface area contributed by atoms with E-state index in [0.717, 1.165) is 13.0 Å². The smallest absolute Gasteiger partial charge is 0.252 e. The second-order valence-electron chi connectivity index (χ2n) is 7.06. The molecule has 0 aliphatic heterocycles. The van der Waals surface area contributed by atoms with E-state index in [1.54, 1.807) is 12.1 Å². The fraction of sp³-hybridized carbons (Fsp3) is 0.409. The first-order valence-corrected chi connectivity index (χ1v) is 9.77. The molecule has 0 aromatic heterocycles. The van der Waals surface area contributed by atoms with E-state index in [4.69, 9.17) is 15.6 Å². The van der Waals surface area contributed by atoms with Gasteiger partial charge >= 0.3 is 0 Å². The Labute approximate surface area is 172 Å². The summed E-state index contributed by atoms with van der Waals surface area (Å²) in [5.74, 6) is -0.343. The average Bonchev–Trinajstić information content (AvgIpc) is 2.74. The number of benzene rings is 2. The summed E-state index contributed by atoms with van der Waals surface area (Å²) >= 11 is 0. The minimum Gasteiger partial charge on any atom is -0.490 e. The zero-order valence-electron chi connectivity index (χ0n) is 17.0. The number of aliphatic hydroxyl groups is 2. The number of nitrogens with one attached hydrogen (secondary N) is 1. The molecule has 0 aliphatic carbocycles. The molecule has 0 radical (unpaired) electrons. The van der Waals surface area contributed by atoms with Gasteiger partial charge in [0.05, 0.1) is 18.3 Å². The van der Waals surface area contributed by atoms with Crippen LogP contribution in [0.2, 0.25) is 0 Å². The van der Waals surface area contributed by atoms with Crippen molar-refractivity contribution in [2.75, 3.05) is 38.3 Å². The number of amides is 1. The van der Waals surface area contributed by atoms with E-state index in [1.807, 2.05) is 18.2 Å². The highest BCUT2D eigenvalue weighted by molar-refractivity contribution is 5.95. The summed E-state index contributed by atoms with van der Waals surface area (Å²) in [6.45, 7) is 3.22. The Hall–Kier alpha value is -2.61. The maximum atomic E-state index is 11.7. The lowest BCUT2D eigenvalue weighted by molar-refractivity contribution is 0.0994. The van der Waals surface area contributed by atoms with Crippen molar-refractivity contribution in [1.29, 1.82) is 0 Å². The molecule has 1 amide bonds. The van der Waals surface area contributed by atoms with Crippen molar-refractivity contribution in [3.05, 3.63) is 59.7 Å². The van der Waals surface area contributed by atoms with Crippen molar-refractivity contribution in [3.63, 3.8) is 0 Å². The first-order valence-electron chi connectivity index (χ1n) is 9.77. The Morgan fingerprint density at radius 1 is 1.24 bits per heavy atom. The maximum absolute atomic E-state index is 11.7. The van der Waals surface area contributed by atoms with Crippen LogP contribution in [0.25, 0.3) is 0 Å². The van der Waals surface area contributed by atoms with Gasteiger partial charge < -0.3 is 30.9 Å². The molecular formula is C22H31N3O4. The third kappa shape index (κ3) is 7.05. The van der Waals surface area contributed by atoms with Gasteiger partial charge in [-0.15, -0.1) is 0 Å². The number of carbonyl (C=O) groups excluding carboxylic acids is 1. The predicted molar refractivity (Wildman–Crippen MR) is 114 cm³/mol. The Balaban J connectivity index is 1.86. The highest BCUT2D eigenvalue weighted by Gasteiger charge is 2.16. The Bertz CT molecular complexity index is 770. The number of carbonyl (C=O) groups is 1.